The Morgan fingerprint density at radius 2 is 1.48 bits per heavy atom. The molecule has 0 N–H and O–H groups in total. The number of non-ortho nitro benzene ring substituents is 1. The van der Waals surface area contributed by atoms with E-state index in [2.05, 4.69) is 9.80 Å². The van der Waals surface area contributed by atoms with E-state index in [1.165, 1.54) is 6.07 Å². The number of morpholine rings is 2. The van der Waals surface area contributed by atoms with Gasteiger partial charge in [-0.1, -0.05) is 42.5 Å². The number of nitro benzene ring substituents is 1. The third kappa shape index (κ3) is 4.99. The molecule has 0 spiro atoms. The second-order valence-corrected chi connectivity index (χ2v) is 7.77. The second kappa shape index (κ2) is 10.1. The van der Waals surface area contributed by atoms with E-state index in [4.69, 9.17) is 9.47 Å². The summed E-state index contributed by atoms with van der Waals surface area (Å²) in [5.74, 6) is 0.0190. The molecule has 2 heterocycles. The third-order valence-corrected chi connectivity index (χ3v) is 5.93. The van der Waals surface area contributed by atoms with Crippen molar-refractivity contribution in [3.63, 3.8) is 0 Å². The molecule has 2 fully saturated rings. The fourth-order valence-corrected chi connectivity index (χ4v) is 4.41. The van der Waals surface area contributed by atoms with Crippen LogP contribution in [0.15, 0.2) is 54.6 Å². The summed E-state index contributed by atoms with van der Waals surface area (Å²) >= 11 is 0. The summed E-state index contributed by atoms with van der Waals surface area (Å²) in [6, 6.07) is 15.2. The molecule has 2 saturated heterocycles. The van der Waals surface area contributed by atoms with Crippen LogP contribution in [0.1, 0.15) is 22.0 Å². The molecule has 2 aromatic carbocycles. The molecule has 0 unspecified atom stereocenters. The van der Waals surface area contributed by atoms with Crippen molar-refractivity contribution in [2.75, 3.05) is 52.6 Å². The van der Waals surface area contributed by atoms with Gasteiger partial charge < -0.3 is 9.47 Å². The molecular weight excluding hydrogens is 398 g/mol. The first-order chi connectivity index (χ1) is 15.1. The van der Waals surface area contributed by atoms with Crippen molar-refractivity contribution in [3.8, 4) is 0 Å². The summed E-state index contributed by atoms with van der Waals surface area (Å²) in [6.07, 6.45) is 0. The van der Waals surface area contributed by atoms with Crippen molar-refractivity contribution in [2.45, 2.75) is 12.1 Å². The van der Waals surface area contributed by atoms with Crippen LogP contribution in [-0.4, -0.2) is 79.2 Å². The molecule has 2 aliphatic rings. The smallest absolute Gasteiger partial charge is 0.269 e. The van der Waals surface area contributed by atoms with Crippen molar-refractivity contribution in [1.82, 2.24) is 9.80 Å². The van der Waals surface area contributed by atoms with Gasteiger partial charge in [-0.25, -0.2) is 0 Å². The minimum atomic E-state index is -0.480. The van der Waals surface area contributed by atoms with Crippen LogP contribution in [0.2, 0.25) is 0 Å². The number of hydrogen-bond donors (Lipinski definition) is 0. The molecule has 164 valence electrons. The maximum absolute atomic E-state index is 13.8. The number of rotatable bonds is 7. The van der Waals surface area contributed by atoms with Gasteiger partial charge in [0.2, 0.25) is 0 Å². The van der Waals surface area contributed by atoms with Gasteiger partial charge in [0.15, 0.2) is 5.78 Å². The van der Waals surface area contributed by atoms with Crippen LogP contribution in [0.4, 0.5) is 5.69 Å². The SMILES string of the molecule is O=C(c1ccccc1)[C@@H]([C@@H](c1cccc([N+](=O)[O-])c1)N1CCOCC1)N1CCOCC1. The van der Waals surface area contributed by atoms with Crippen LogP contribution in [0.5, 0.6) is 0 Å². The molecule has 2 aromatic rings. The third-order valence-electron chi connectivity index (χ3n) is 5.93. The molecule has 0 aliphatic carbocycles. The van der Waals surface area contributed by atoms with Crippen LogP contribution in [0, 0.1) is 10.1 Å². The number of hydrogen-bond acceptors (Lipinski definition) is 7. The summed E-state index contributed by atoms with van der Waals surface area (Å²) in [5.41, 5.74) is 1.45. The maximum atomic E-state index is 13.8. The molecule has 4 rings (SSSR count). The van der Waals surface area contributed by atoms with Gasteiger partial charge in [0.1, 0.15) is 0 Å². The Kier molecular flexibility index (Phi) is 7.03. The van der Waals surface area contributed by atoms with E-state index in [1.807, 2.05) is 36.4 Å². The van der Waals surface area contributed by atoms with Crippen LogP contribution in [-0.2, 0) is 9.47 Å². The molecule has 8 nitrogen and oxygen atoms in total. The first-order valence-corrected chi connectivity index (χ1v) is 10.6. The van der Waals surface area contributed by atoms with Gasteiger partial charge in [0.25, 0.3) is 5.69 Å². The molecule has 0 aromatic heterocycles. The van der Waals surface area contributed by atoms with Gasteiger partial charge in [0.05, 0.1) is 43.4 Å². The predicted octanol–water partition coefficient (Wildman–Crippen LogP) is 2.55. The fourth-order valence-electron chi connectivity index (χ4n) is 4.41. The second-order valence-electron chi connectivity index (χ2n) is 7.77. The molecule has 2 aliphatic heterocycles. The Hall–Kier alpha value is -2.65. The summed E-state index contributed by atoms with van der Waals surface area (Å²) in [4.78, 5) is 29.3. The van der Waals surface area contributed by atoms with Gasteiger partial charge in [-0.3, -0.25) is 24.7 Å². The zero-order valence-corrected chi connectivity index (χ0v) is 17.4. The highest BCUT2D eigenvalue weighted by atomic mass is 16.6. The van der Waals surface area contributed by atoms with Gasteiger partial charge in [-0.15, -0.1) is 0 Å². The molecule has 8 heteroatoms. The Morgan fingerprint density at radius 1 is 0.871 bits per heavy atom. The number of nitrogens with zero attached hydrogens (tertiary/aromatic N) is 3. The number of ether oxygens (including phenoxy) is 2. The van der Waals surface area contributed by atoms with Crippen molar-refractivity contribution in [1.29, 1.82) is 0 Å². The standard InChI is InChI=1S/C23H27N3O5/c27-23(18-5-2-1-3-6-18)22(25-11-15-31-16-12-25)21(24-9-13-30-14-10-24)19-7-4-8-20(17-19)26(28)29/h1-8,17,21-22H,9-16H2/t21-,22-/m1/s1. The van der Waals surface area contributed by atoms with Crippen molar-refractivity contribution < 1.29 is 19.2 Å². The normalized spacial score (nSPS) is 20.1. The monoisotopic (exact) mass is 425 g/mol. The van der Waals surface area contributed by atoms with E-state index in [0.29, 0.717) is 58.2 Å². The Morgan fingerprint density at radius 3 is 2.10 bits per heavy atom. The molecule has 31 heavy (non-hydrogen) atoms. The van der Waals surface area contributed by atoms with Gasteiger partial charge in [0, 0.05) is 43.9 Å². The molecule has 0 amide bonds. The number of carbonyl (C=O) groups excluding carboxylic acids is 1. The molecular formula is C23H27N3O5. The summed E-state index contributed by atoms with van der Waals surface area (Å²) in [7, 11) is 0. The first kappa shape index (κ1) is 21.6. The van der Waals surface area contributed by atoms with Crippen LogP contribution < -0.4 is 0 Å². The average molecular weight is 425 g/mol. The zero-order valence-electron chi connectivity index (χ0n) is 17.4. The van der Waals surface area contributed by atoms with Gasteiger partial charge in [-0.05, 0) is 5.56 Å². The number of carbonyl (C=O) groups is 1. The predicted molar refractivity (Wildman–Crippen MR) is 115 cm³/mol. The lowest BCUT2D eigenvalue weighted by Gasteiger charge is -2.44. The summed E-state index contributed by atoms with van der Waals surface area (Å²) in [5, 5.41) is 11.5. The summed E-state index contributed by atoms with van der Waals surface area (Å²) in [6.45, 7) is 4.86. The Labute approximate surface area is 181 Å². The highest BCUT2D eigenvalue weighted by Crippen LogP contribution is 2.33. The van der Waals surface area contributed by atoms with Gasteiger partial charge >= 0.3 is 0 Å². The number of ketones is 1. The number of Topliss-reactive ketones (excluding diaryl/α,β-unsaturated/α-hetero) is 1. The average Bonchev–Trinajstić information content (AvgIpc) is 2.84. The van der Waals surface area contributed by atoms with E-state index in [1.54, 1.807) is 12.1 Å². The number of benzene rings is 2. The lowest BCUT2D eigenvalue weighted by Crippen LogP contribution is -2.55. The highest BCUT2D eigenvalue weighted by molar-refractivity contribution is 6.00. The largest absolute Gasteiger partial charge is 0.379 e. The zero-order chi connectivity index (χ0) is 21.6. The van der Waals surface area contributed by atoms with Crippen LogP contribution >= 0.6 is 0 Å². The quantitative estimate of drug-likeness (QED) is 0.383. The topological polar surface area (TPSA) is 85.1 Å². The molecule has 0 radical (unpaired) electrons. The summed E-state index contributed by atoms with van der Waals surface area (Å²) < 4.78 is 11.1. The minimum Gasteiger partial charge on any atom is -0.379 e. The van der Waals surface area contributed by atoms with E-state index in [0.717, 1.165) is 5.56 Å². The fraction of sp³-hybridized carbons (Fsp3) is 0.435. The van der Waals surface area contributed by atoms with E-state index in [9.17, 15) is 14.9 Å². The Balaban J connectivity index is 1.79. The van der Waals surface area contributed by atoms with E-state index in [-0.39, 0.29) is 22.4 Å². The minimum absolute atomic E-state index is 0.0190. The van der Waals surface area contributed by atoms with Crippen molar-refractivity contribution in [2.24, 2.45) is 0 Å². The maximum Gasteiger partial charge on any atom is 0.269 e. The molecule has 2 atom stereocenters. The molecule has 0 bridgehead atoms. The van der Waals surface area contributed by atoms with Crippen molar-refractivity contribution in [3.05, 3.63) is 75.8 Å². The van der Waals surface area contributed by atoms with Crippen LogP contribution in [0.25, 0.3) is 0 Å². The highest BCUT2D eigenvalue weighted by Gasteiger charge is 2.40. The Bertz CT molecular complexity index is 895. The molecule has 0 saturated carbocycles. The van der Waals surface area contributed by atoms with Crippen molar-refractivity contribution >= 4 is 11.5 Å². The van der Waals surface area contributed by atoms with E-state index < -0.39 is 6.04 Å². The van der Waals surface area contributed by atoms with E-state index >= 15 is 0 Å². The lowest BCUT2D eigenvalue weighted by atomic mass is 9.89. The van der Waals surface area contributed by atoms with Gasteiger partial charge in [-0.2, -0.15) is 0 Å². The first-order valence-electron chi connectivity index (χ1n) is 10.6. The number of nitro groups is 1. The van der Waals surface area contributed by atoms with Crippen LogP contribution in [0.3, 0.4) is 0 Å². The lowest BCUT2D eigenvalue weighted by molar-refractivity contribution is -0.385.